The number of para-hydroxylation sites is 1. The monoisotopic (exact) mass is 366 g/mol. The molecule has 0 saturated heterocycles. The van der Waals surface area contributed by atoms with Crippen LogP contribution in [0.4, 0.5) is 8.78 Å². The molecular formula is C21H16F2N2O2. The first-order valence-electron chi connectivity index (χ1n) is 8.17. The maximum atomic E-state index is 12.9. The Morgan fingerprint density at radius 3 is 2.26 bits per heavy atom. The maximum Gasteiger partial charge on any atom is 0.271 e. The number of carbonyl (C=O) groups excluding carboxylic acids is 1. The molecule has 0 saturated carbocycles. The molecule has 3 rings (SSSR count). The second-order valence-corrected chi connectivity index (χ2v) is 5.66. The summed E-state index contributed by atoms with van der Waals surface area (Å²) in [5.41, 5.74) is 4.18. The van der Waals surface area contributed by atoms with Crippen molar-refractivity contribution in [1.82, 2.24) is 5.43 Å². The summed E-state index contributed by atoms with van der Waals surface area (Å²) in [6.07, 6.45) is 1.46. The normalized spacial score (nSPS) is 10.7. The zero-order valence-electron chi connectivity index (χ0n) is 14.2. The van der Waals surface area contributed by atoms with Gasteiger partial charge >= 0.3 is 0 Å². The van der Waals surface area contributed by atoms with E-state index in [4.69, 9.17) is 4.74 Å². The second kappa shape index (κ2) is 8.71. The van der Waals surface area contributed by atoms with Gasteiger partial charge in [0.2, 0.25) is 0 Å². The molecule has 6 heteroatoms. The molecule has 3 aromatic rings. The number of hydrogen-bond donors (Lipinski definition) is 1. The molecule has 0 fully saturated rings. The van der Waals surface area contributed by atoms with Gasteiger partial charge in [-0.1, -0.05) is 24.3 Å². The highest BCUT2D eigenvalue weighted by molar-refractivity contribution is 5.95. The average Bonchev–Trinajstić information content (AvgIpc) is 2.69. The predicted octanol–water partition coefficient (Wildman–Crippen LogP) is 4.31. The summed E-state index contributed by atoms with van der Waals surface area (Å²) in [7, 11) is 0. The highest BCUT2D eigenvalue weighted by Gasteiger charge is 2.05. The van der Waals surface area contributed by atoms with Gasteiger partial charge in [-0.3, -0.25) is 4.79 Å². The van der Waals surface area contributed by atoms with E-state index >= 15 is 0 Å². The Balaban J connectivity index is 1.62. The molecule has 0 aliphatic rings. The van der Waals surface area contributed by atoms with Gasteiger partial charge in [-0.25, -0.2) is 14.2 Å². The van der Waals surface area contributed by atoms with Crippen molar-refractivity contribution in [2.45, 2.75) is 6.61 Å². The second-order valence-electron chi connectivity index (χ2n) is 5.66. The Morgan fingerprint density at radius 1 is 0.926 bits per heavy atom. The van der Waals surface area contributed by atoms with Gasteiger partial charge in [0.1, 0.15) is 24.0 Å². The maximum absolute atomic E-state index is 12.9. The number of benzene rings is 3. The lowest BCUT2D eigenvalue weighted by molar-refractivity contribution is 0.0955. The molecule has 4 nitrogen and oxygen atoms in total. The van der Waals surface area contributed by atoms with Gasteiger partial charge < -0.3 is 4.74 Å². The lowest BCUT2D eigenvalue weighted by Gasteiger charge is -2.09. The van der Waals surface area contributed by atoms with Crippen LogP contribution >= 0.6 is 0 Å². The van der Waals surface area contributed by atoms with Crippen molar-refractivity contribution in [3.05, 3.63) is 101 Å². The van der Waals surface area contributed by atoms with Crippen LogP contribution in [0.3, 0.4) is 0 Å². The molecule has 27 heavy (non-hydrogen) atoms. The number of nitrogens with zero attached hydrogens (tertiary/aromatic N) is 1. The van der Waals surface area contributed by atoms with Crippen molar-refractivity contribution in [3.8, 4) is 5.75 Å². The Bertz CT molecular complexity index is 939. The molecule has 0 aliphatic heterocycles. The van der Waals surface area contributed by atoms with Crippen LogP contribution in [0.25, 0.3) is 0 Å². The van der Waals surface area contributed by atoms with Crippen molar-refractivity contribution in [3.63, 3.8) is 0 Å². The quantitative estimate of drug-likeness (QED) is 0.522. The van der Waals surface area contributed by atoms with E-state index in [-0.39, 0.29) is 12.4 Å². The lowest BCUT2D eigenvalue weighted by atomic mass is 10.2. The Labute approximate surface area is 155 Å². The summed E-state index contributed by atoms with van der Waals surface area (Å²) in [5, 5.41) is 3.92. The number of nitrogens with one attached hydrogen (secondary N) is 1. The van der Waals surface area contributed by atoms with Crippen LogP contribution in [0.2, 0.25) is 0 Å². The van der Waals surface area contributed by atoms with Crippen LogP contribution in [0.15, 0.2) is 77.9 Å². The molecule has 3 aromatic carbocycles. The number of amides is 1. The number of carbonyl (C=O) groups is 1. The molecule has 0 heterocycles. The van der Waals surface area contributed by atoms with Crippen LogP contribution in [0, 0.1) is 11.6 Å². The fraction of sp³-hybridized carbons (Fsp3) is 0.0476. The number of halogens is 2. The molecule has 0 spiro atoms. The predicted molar refractivity (Wildman–Crippen MR) is 98.6 cm³/mol. The van der Waals surface area contributed by atoms with Crippen molar-refractivity contribution in [1.29, 1.82) is 0 Å². The van der Waals surface area contributed by atoms with E-state index in [9.17, 15) is 13.6 Å². The highest BCUT2D eigenvalue weighted by Crippen LogP contribution is 2.17. The minimum absolute atomic E-state index is 0.271. The van der Waals surface area contributed by atoms with Gasteiger partial charge in [0, 0.05) is 11.1 Å². The van der Waals surface area contributed by atoms with Gasteiger partial charge in [-0.2, -0.15) is 5.10 Å². The number of hydrogen-bond acceptors (Lipinski definition) is 3. The first-order valence-corrected chi connectivity index (χ1v) is 8.17. The summed E-state index contributed by atoms with van der Waals surface area (Å²) < 4.78 is 31.6. The zero-order valence-corrected chi connectivity index (χ0v) is 14.2. The van der Waals surface area contributed by atoms with Gasteiger partial charge in [0.15, 0.2) is 0 Å². The van der Waals surface area contributed by atoms with E-state index in [0.717, 1.165) is 5.56 Å². The molecule has 0 aromatic heterocycles. The molecular weight excluding hydrogens is 350 g/mol. The number of rotatable bonds is 6. The van der Waals surface area contributed by atoms with E-state index < -0.39 is 11.7 Å². The number of hydrazone groups is 1. The van der Waals surface area contributed by atoms with E-state index in [1.54, 1.807) is 24.3 Å². The standard InChI is InChI=1S/C21H16F2N2O2/c22-18-9-5-15(6-10-18)14-27-20-4-2-1-3-17(20)13-24-25-21(26)16-7-11-19(23)12-8-16/h1-13H,14H2,(H,25,26)/b24-13-. The van der Waals surface area contributed by atoms with E-state index in [2.05, 4.69) is 10.5 Å². The lowest BCUT2D eigenvalue weighted by Crippen LogP contribution is -2.17. The van der Waals surface area contributed by atoms with Gasteiger partial charge in [0.05, 0.1) is 6.21 Å². The van der Waals surface area contributed by atoms with Gasteiger partial charge in [0.25, 0.3) is 5.91 Å². The minimum atomic E-state index is -0.448. The molecule has 0 aliphatic carbocycles. The first-order chi connectivity index (χ1) is 13.1. The van der Waals surface area contributed by atoms with Crippen molar-refractivity contribution in [2.24, 2.45) is 5.10 Å². The van der Waals surface area contributed by atoms with E-state index in [1.807, 2.05) is 12.1 Å². The first kappa shape index (κ1) is 18.3. The van der Waals surface area contributed by atoms with Crippen LogP contribution < -0.4 is 10.2 Å². The summed E-state index contributed by atoms with van der Waals surface area (Å²) >= 11 is 0. The van der Waals surface area contributed by atoms with E-state index in [0.29, 0.717) is 16.9 Å². The molecule has 0 bridgehead atoms. The van der Waals surface area contributed by atoms with Crippen LogP contribution in [-0.4, -0.2) is 12.1 Å². The molecule has 1 N–H and O–H groups in total. The van der Waals surface area contributed by atoms with Crippen LogP contribution in [0.1, 0.15) is 21.5 Å². The minimum Gasteiger partial charge on any atom is -0.488 e. The topological polar surface area (TPSA) is 50.7 Å². The van der Waals surface area contributed by atoms with Gasteiger partial charge in [-0.15, -0.1) is 0 Å². The largest absolute Gasteiger partial charge is 0.488 e. The molecule has 0 radical (unpaired) electrons. The SMILES string of the molecule is O=C(N/N=C\c1ccccc1OCc1ccc(F)cc1)c1ccc(F)cc1. The Hall–Kier alpha value is -3.54. The van der Waals surface area contributed by atoms with Crippen molar-refractivity contribution < 1.29 is 18.3 Å². The van der Waals surface area contributed by atoms with Crippen LogP contribution in [0.5, 0.6) is 5.75 Å². The zero-order chi connectivity index (χ0) is 19.1. The third-order valence-corrected chi connectivity index (χ3v) is 3.70. The van der Waals surface area contributed by atoms with E-state index in [1.165, 1.54) is 42.6 Å². The fourth-order valence-electron chi connectivity index (χ4n) is 2.29. The summed E-state index contributed by atoms with van der Waals surface area (Å²) in [5.74, 6) is -0.594. The summed E-state index contributed by atoms with van der Waals surface area (Å²) in [6, 6.07) is 18.4. The molecule has 136 valence electrons. The molecule has 1 amide bonds. The Morgan fingerprint density at radius 2 is 1.56 bits per heavy atom. The smallest absolute Gasteiger partial charge is 0.271 e. The third-order valence-electron chi connectivity index (χ3n) is 3.70. The molecule has 0 unspecified atom stereocenters. The fourth-order valence-corrected chi connectivity index (χ4v) is 2.29. The summed E-state index contributed by atoms with van der Waals surface area (Å²) in [6.45, 7) is 0.271. The molecule has 0 atom stereocenters. The third kappa shape index (κ3) is 5.22. The van der Waals surface area contributed by atoms with Crippen molar-refractivity contribution >= 4 is 12.1 Å². The highest BCUT2D eigenvalue weighted by atomic mass is 19.1. The Kier molecular flexibility index (Phi) is 5.89. The number of ether oxygens (including phenoxy) is 1. The van der Waals surface area contributed by atoms with Crippen LogP contribution in [-0.2, 0) is 6.61 Å². The summed E-state index contributed by atoms with van der Waals surface area (Å²) in [4.78, 5) is 12.0. The average molecular weight is 366 g/mol. The van der Waals surface area contributed by atoms with Crippen molar-refractivity contribution in [2.75, 3.05) is 0 Å². The van der Waals surface area contributed by atoms with Gasteiger partial charge in [-0.05, 0) is 54.1 Å².